The predicted molar refractivity (Wildman–Crippen MR) is 86.2 cm³/mol. The quantitative estimate of drug-likeness (QED) is 0.837. The standard InChI is InChI=1S/C19H29N/c1-14-6-7-18(13-20-2)19(12-14)17-10-8-16(9-11-17)15-4-3-5-15/h8-11,14-15,18-20H,3-7,12-13H2,1-2H3. The van der Waals surface area contributed by atoms with Crippen molar-refractivity contribution < 1.29 is 0 Å². The monoisotopic (exact) mass is 271 g/mol. The third-order valence-corrected chi connectivity index (χ3v) is 5.66. The summed E-state index contributed by atoms with van der Waals surface area (Å²) in [6, 6.07) is 9.68. The average Bonchev–Trinajstić information content (AvgIpc) is 2.40. The van der Waals surface area contributed by atoms with Gasteiger partial charge in [0.25, 0.3) is 0 Å². The third kappa shape index (κ3) is 2.93. The number of nitrogens with one attached hydrogen (secondary N) is 1. The van der Waals surface area contributed by atoms with Crippen molar-refractivity contribution in [1.29, 1.82) is 0 Å². The highest BCUT2D eigenvalue weighted by Gasteiger charge is 2.29. The van der Waals surface area contributed by atoms with Crippen LogP contribution in [0.15, 0.2) is 24.3 Å². The summed E-state index contributed by atoms with van der Waals surface area (Å²) in [6.45, 7) is 3.59. The molecular formula is C19H29N. The van der Waals surface area contributed by atoms with Gasteiger partial charge in [0.05, 0.1) is 0 Å². The summed E-state index contributed by atoms with van der Waals surface area (Å²) in [5.74, 6) is 3.34. The average molecular weight is 271 g/mol. The van der Waals surface area contributed by atoms with Crippen LogP contribution in [0.2, 0.25) is 0 Å². The minimum absolute atomic E-state index is 0.765. The second-order valence-electron chi connectivity index (χ2n) is 7.14. The van der Waals surface area contributed by atoms with Gasteiger partial charge in [0.1, 0.15) is 0 Å². The molecule has 110 valence electrons. The molecule has 2 fully saturated rings. The Balaban J connectivity index is 1.74. The van der Waals surface area contributed by atoms with Crippen molar-refractivity contribution in [3.63, 3.8) is 0 Å². The molecule has 0 radical (unpaired) electrons. The highest BCUT2D eigenvalue weighted by Crippen LogP contribution is 2.41. The molecule has 20 heavy (non-hydrogen) atoms. The molecule has 1 heteroatoms. The first-order valence-electron chi connectivity index (χ1n) is 8.52. The molecule has 1 aromatic carbocycles. The van der Waals surface area contributed by atoms with Crippen LogP contribution in [0.4, 0.5) is 0 Å². The lowest BCUT2D eigenvalue weighted by Crippen LogP contribution is -2.30. The fraction of sp³-hybridized carbons (Fsp3) is 0.684. The van der Waals surface area contributed by atoms with E-state index in [0.717, 1.165) is 23.7 Å². The molecule has 0 saturated heterocycles. The molecule has 0 aliphatic heterocycles. The van der Waals surface area contributed by atoms with Crippen LogP contribution in [-0.2, 0) is 0 Å². The first-order chi connectivity index (χ1) is 9.78. The molecule has 0 heterocycles. The van der Waals surface area contributed by atoms with Crippen LogP contribution in [0.1, 0.15) is 68.4 Å². The summed E-state index contributed by atoms with van der Waals surface area (Å²) in [5, 5.41) is 3.40. The molecule has 3 unspecified atom stereocenters. The molecule has 3 rings (SSSR count). The zero-order valence-electron chi connectivity index (χ0n) is 13.1. The zero-order chi connectivity index (χ0) is 13.9. The Bertz CT molecular complexity index is 418. The van der Waals surface area contributed by atoms with Crippen molar-refractivity contribution in [3.05, 3.63) is 35.4 Å². The van der Waals surface area contributed by atoms with Crippen LogP contribution in [0, 0.1) is 11.8 Å². The van der Waals surface area contributed by atoms with Crippen LogP contribution in [0.5, 0.6) is 0 Å². The maximum absolute atomic E-state index is 3.40. The van der Waals surface area contributed by atoms with Gasteiger partial charge >= 0.3 is 0 Å². The van der Waals surface area contributed by atoms with Crippen LogP contribution in [-0.4, -0.2) is 13.6 Å². The first-order valence-corrected chi connectivity index (χ1v) is 8.52. The van der Waals surface area contributed by atoms with Crippen molar-refractivity contribution in [3.8, 4) is 0 Å². The van der Waals surface area contributed by atoms with Gasteiger partial charge in [0.2, 0.25) is 0 Å². The Morgan fingerprint density at radius 2 is 1.70 bits per heavy atom. The molecule has 1 nitrogen and oxygen atoms in total. The topological polar surface area (TPSA) is 12.0 Å². The van der Waals surface area contributed by atoms with Gasteiger partial charge in [-0.15, -0.1) is 0 Å². The van der Waals surface area contributed by atoms with E-state index in [1.807, 2.05) is 0 Å². The minimum Gasteiger partial charge on any atom is -0.319 e. The van der Waals surface area contributed by atoms with E-state index < -0.39 is 0 Å². The number of hydrogen-bond donors (Lipinski definition) is 1. The fourth-order valence-electron chi connectivity index (χ4n) is 4.12. The molecule has 3 atom stereocenters. The number of rotatable bonds is 4. The van der Waals surface area contributed by atoms with E-state index in [1.165, 1.54) is 45.1 Å². The van der Waals surface area contributed by atoms with Crippen molar-refractivity contribution in [2.45, 2.75) is 57.3 Å². The Morgan fingerprint density at radius 1 is 1.00 bits per heavy atom. The molecule has 2 aliphatic carbocycles. The molecule has 2 aliphatic rings. The normalized spacial score (nSPS) is 31.0. The summed E-state index contributed by atoms with van der Waals surface area (Å²) in [4.78, 5) is 0. The van der Waals surface area contributed by atoms with E-state index in [0.29, 0.717) is 0 Å². The maximum Gasteiger partial charge on any atom is -0.00177 e. The second-order valence-corrected chi connectivity index (χ2v) is 7.14. The Morgan fingerprint density at radius 3 is 2.30 bits per heavy atom. The van der Waals surface area contributed by atoms with Crippen molar-refractivity contribution >= 4 is 0 Å². The number of benzene rings is 1. The summed E-state index contributed by atoms with van der Waals surface area (Å²) in [5.41, 5.74) is 3.16. The van der Waals surface area contributed by atoms with Crippen LogP contribution < -0.4 is 5.32 Å². The van der Waals surface area contributed by atoms with Gasteiger partial charge in [-0.3, -0.25) is 0 Å². The minimum atomic E-state index is 0.765. The highest BCUT2D eigenvalue weighted by atomic mass is 14.8. The molecule has 0 bridgehead atoms. The highest BCUT2D eigenvalue weighted by molar-refractivity contribution is 5.29. The van der Waals surface area contributed by atoms with E-state index in [1.54, 1.807) is 11.1 Å². The van der Waals surface area contributed by atoms with Gasteiger partial charge in [-0.25, -0.2) is 0 Å². The zero-order valence-corrected chi connectivity index (χ0v) is 13.1. The fourth-order valence-corrected chi connectivity index (χ4v) is 4.12. The maximum atomic E-state index is 3.40. The van der Waals surface area contributed by atoms with E-state index in [9.17, 15) is 0 Å². The summed E-state index contributed by atoms with van der Waals surface area (Å²) < 4.78 is 0. The van der Waals surface area contributed by atoms with Gasteiger partial charge in [0, 0.05) is 0 Å². The van der Waals surface area contributed by atoms with Crippen LogP contribution in [0.25, 0.3) is 0 Å². The Kier molecular flexibility index (Phi) is 4.45. The van der Waals surface area contributed by atoms with Crippen molar-refractivity contribution in [2.75, 3.05) is 13.6 Å². The molecular weight excluding hydrogens is 242 g/mol. The van der Waals surface area contributed by atoms with Crippen molar-refractivity contribution in [1.82, 2.24) is 5.32 Å². The van der Waals surface area contributed by atoms with Crippen LogP contribution >= 0.6 is 0 Å². The third-order valence-electron chi connectivity index (χ3n) is 5.66. The SMILES string of the molecule is CNCC1CCC(C)CC1c1ccc(C2CCC2)cc1. The molecule has 0 amide bonds. The van der Waals surface area contributed by atoms with Gasteiger partial charge in [-0.2, -0.15) is 0 Å². The van der Waals surface area contributed by atoms with Gasteiger partial charge in [-0.05, 0) is 74.1 Å². The van der Waals surface area contributed by atoms with Crippen LogP contribution in [0.3, 0.4) is 0 Å². The summed E-state index contributed by atoms with van der Waals surface area (Å²) in [6.07, 6.45) is 8.40. The lowest BCUT2D eigenvalue weighted by atomic mass is 9.71. The molecule has 2 saturated carbocycles. The van der Waals surface area contributed by atoms with E-state index in [4.69, 9.17) is 0 Å². The largest absolute Gasteiger partial charge is 0.319 e. The van der Waals surface area contributed by atoms with Gasteiger partial charge in [0.15, 0.2) is 0 Å². The predicted octanol–water partition coefficient (Wildman–Crippen LogP) is 4.69. The molecule has 1 aromatic rings. The Hall–Kier alpha value is -0.820. The van der Waals surface area contributed by atoms with E-state index in [-0.39, 0.29) is 0 Å². The molecule has 0 aromatic heterocycles. The van der Waals surface area contributed by atoms with E-state index in [2.05, 4.69) is 43.6 Å². The lowest BCUT2D eigenvalue weighted by molar-refractivity contribution is 0.245. The summed E-state index contributed by atoms with van der Waals surface area (Å²) in [7, 11) is 2.09. The van der Waals surface area contributed by atoms with Gasteiger partial charge in [-0.1, -0.05) is 44.0 Å². The van der Waals surface area contributed by atoms with E-state index >= 15 is 0 Å². The second kappa shape index (κ2) is 6.30. The smallest absolute Gasteiger partial charge is 0.00177 e. The lowest BCUT2D eigenvalue weighted by Gasteiger charge is -2.35. The van der Waals surface area contributed by atoms with Gasteiger partial charge < -0.3 is 5.32 Å². The molecule has 1 N–H and O–H groups in total. The molecule has 0 spiro atoms. The van der Waals surface area contributed by atoms with Crippen molar-refractivity contribution in [2.24, 2.45) is 11.8 Å². The number of hydrogen-bond acceptors (Lipinski definition) is 1. The first kappa shape index (κ1) is 14.1. The Labute approximate surface area is 124 Å². The summed E-state index contributed by atoms with van der Waals surface area (Å²) >= 11 is 0.